The van der Waals surface area contributed by atoms with Crippen molar-refractivity contribution in [2.24, 2.45) is 5.92 Å². The molecular weight excluding hydrogens is 222 g/mol. The number of aliphatic hydroxyl groups excluding tert-OH is 1. The predicted octanol–water partition coefficient (Wildman–Crippen LogP) is 3.48. The van der Waals surface area contributed by atoms with Crippen molar-refractivity contribution in [2.75, 3.05) is 13.6 Å². The number of hydrogen-bond acceptors (Lipinski definition) is 2. The third-order valence-corrected chi connectivity index (χ3v) is 3.50. The van der Waals surface area contributed by atoms with Gasteiger partial charge in [-0.2, -0.15) is 0 Å². The van der Waals surface area contributed by atoms with Crippen molar-refractivity contribution in [2.45, 2.75) is 45.8 Å². The maximum atomic E-state index is 10.1. The van der Waals surface area contributed by atoms with E-state index in [4.69, 9.17) is 0 Å². The van der Waals surface area contributed by atoms with Crippen LogP contribution in [-0.4, -0.2) is 29.6 Å². The van der Waals surface area contributed by atoms with Crippen LogP contribution < -0.4 is 0 Å². The molecule has 0 fully saturated rings. The highest BCUT2D eigenvalue weighted by Crippen LogP contribution is 2.17. The van der Waals surface area contributed by atoms with Crippen molar-refractivity contribution in [1.82, 2.24) is 4.90 Å². The quantitative estimate of drug-likeness (QED) is 0.799. The first kappa shape index (κ1) is 15.2. The molecule has 0 radical (unpaired) electrons. The van der Waals surface area contributed by atoms with Gasteiger partial charge in [-0.15, -0.1) is 0 Å². The van der Waals surface area contributed by atoms with Crippen LogP contribution in [0.4, 0.5) is 0 Å². The number of benzene rings is 1. The van der Waals surface area contributed by atoms with E-state index >= 15 is 0 Å². The molecule has 1 N–H and O–H groups in total. The van der Waals surface area contributed by atoms with Crippen molar-refractivity contribution in [3.63, 3.8) is 0 Å². The van der Waals surface area contributed by atoms with Crippen molar-refractivity contribution in [3.8, 4) is 0 Å². The Morgan fingerprint density at radius 3 is 2.28 bits per heavy atom. The lowest BCUT2D eigenvalue weighted by Crippen LogP contribution is -2.31. The van der Waals surface area contributed by atoms with Crippen molar-refractivity contribution < 1.29 is 5.11 Å². The van der Waals surface area contributed by atoms with E-state index in [1.165, 1.54) is 6.42 Å². The van der Waals surface area contributed by atoms with E-state index < -0.39 is 0 Å². The molecule has 102 valence electrons. The molecule has 0 spiro atoms. The topological polar surface area (TPSA) is 23.5 Å². The Balaban J connectivity index is 2.36. The average molecular weight is 249 g/mol. The van der Waals surface area contributed by atoms with E-state index in [1.807, 2.05) is 30.3 Å². The summed E-state index contributed by atoms with van der Waals surface area (Å²) in [7, 11) is 2.14. The molecule has 2 heteroatoms. The molecule has 1 rings (SSSR count). The van der Waals surface area contributed by atoms with Gasteiger partial charge < -0.3 is 10.0 Å². The summed E-state index contributed by atoms with van der Waals surface area (Å²) >= 11 is 0. The summed E-state index contributed by atoms with van der Waals surface area (Å²) in [4.78, 5) is 2.34. The Morgan fingerprint density at radius 2 is 1.72 bits per heavy atom. The average Bonchev–Trinajstić information content (AvgIpc) is 2.35. The minimum atomic E-state index is -0.347. The highest BCUT2D eigenvalue weighted by molar-refractivity contribution is 5.17. The van der Waals surface area contributed by atoms with E-state index in [-0.39, 0.29) is 6.10 Å². The summed E-state index contributed by atoms with van der Waals surface area (Å²) in [6, 6.07) is 10.5. The van der Waals surface area contributed by atoms with Crippen LogP contribution >= 0.6 is 0 Å². The van der Waals surface area contributed by atoms with Crippen LogP contribution in [0.25, 0.3) is 0 Å². The summed E-state index contributed by atoms with van der Waals surface area (Å²) in [6.45, 7) is 7.70. The molecule has 1 aromatic carbocycles. The van der Waals surface area contributed by atoms with Crippen LogP contribution in [0.15, 0.2) is 30.3 Å². The largest absolute Gasteiger partial charge is 0.388 e. The standard InChI is InChI=1S/C16H27NO/c1-13(2)12-14(3)17(4)11-10-16(18)15-8-6-5-7-9-15/h5-9,13-14,16,18H,10-12H2,1-4H3. The lowest BCUT2D eigenvalue weighted by molar-refractivity contribution is 0.134. The maximum absolute atomic E-state index is 10.1. The summed E-state index contributed by atoms with van der Waals surface area (Å²) < 4.78 is 0. The second-order valence-corrected chi connectivity index (χ2v) is 5.67. The molecular formula is C16H27NO. The normalized spacial score (nSPS) is 15.1. The zero-order valence-corrected chi connectivity index (χ0v) is 12.1. The van der Waals surface area contributed by atoms with E-state index in [0.717, 1.165) is 24.4 Å². The zero-order chi connectivity index (χ0) is 13.5. The molecule has 0 heterocycles. The first-order valence-electron chi connectivity index (χ1n) is 6.94. The molecule has 2 atom stereocenters. The SMILES string of the molecule is CC(C)CC(C)N(C)CCC(O)c1ccccc1. The van der Waals surface area contributed by atoms with Gasteiger partial charge in [0.2, 0.25) is 0 Å². The van der Waals surface area contributed by atoms with E-state index in [2.05, 4.69) is 32.7 Å². The lowest BCUT2D eigenvalue weighted by Gasteiger charge is -2.27. The van der Waals surface area contributed by atoms with Gasteiger partial charge in [-0.25, -0.2) is 0 Å². The van der Waals surface area contributed by atoms with Gasteiger partial charge in [0.05, 0.1) is 6.10 Å². The fraction of sp³-hybridized carbons (Fsp3) is 0.625. The first-order chi connectivity index (χ1) is 8.50. The Kier molecular flexibility index (Phi) is 6.37. The Labute approximate surface area is 112 Å². The number of rotatable bonds is 7. The molecule has 1 aromatic rings. The lowest BCUT2D eigenvalue weighted by atomic mass is 10.0. The van der Waals surface area contributed by atoms with Crippen LogP contribution in [-0.2, 0) is 0 Å². The van der Waals surface area contributed by atoms with E-state index in [1.54, 1.807) is 0 Å². The smallest absolute Gasteiger partial charge is 0.0802 e. The molecule has 0 aliphatic carbocycles. The first-order valence-corrected chi connectivity index (χ1v) is 6.94. The van der Waals surface area contributed by atoms with Gasteiger partial charge in [-0.3, -0.25) is 0 Å². The summed E-state index contributed by atoms with van der Waals surface area (Å²) in [6.07, 6.45) is 1.65. The fourth-order valence-corrected chi connectivity index (χ4v) is 2.25. The van der Waals surface area contributed by atoms with Crippen LogP contribution in [0.5, 0.6) is 0 Å². The van der Waals surface area contributed by atoms with Crippen LogP contribution in [0, 0.1) is 5.92 Å². The molecule has 2 unspecified atom stereocenters. The van der Waals surface area contributed by atoms with Gasteiger partial charge in [0.1, 0.15) is 0 Å². The second-order valence-electron chi connectivity index (χ2n) is 5.67. The third-order valence-electron chi connectivity index (χ3n) is 3.50. The zero-order valence-electron chi connectivity index (χ0n) is 12.1. The summed E-state index contributed by atoms with van der Waals surface area (Å²) in [5.74, 6) is 0.724. The third kappa shape index (κ3) is 5.19. The Hall–Kier alpha value is -0.860. The minimum absolute atomic E-state index is 0.347. The van der Waals surface area contributed by atoms with Gasteiger partial charge in [0, 0.05) is 12.6 Å². The monoisotopic (exact) mass is 249 g/mol. The molecule has 2 nitrogen and oxygen atoms in total. The molecule has 0 aromatic heterocycles. The number of aliphatic hydroxyl groups is 1. The number of nitrogens with zero attached hydrogens (tertiary/aromatic N) is 1. The highest BCUT2D eigenvalue weighted by atomic mass is 16.3. The van der Waals surface area contributed by atoms with Crippen molar-refractivity contribution >= 4 is 0 Å². The fourth-order valence-electron chi connectivity index (χ4n) is 2.25. The molecule has 0 saturated heterocycles. The van der Waals surface area contributed by atoms with Gasteiger partial charge in [0.25, 0.3) is 0 Å². The predicted molar refractivity (Wildman–Crippen MR) is 77.6 cm³/mol. The number of hydrogen-bond donors (Lipinski definition) is 1. The molecule has 0 bridgehead atoms. The van der Waals surface area contributed by atoms with E-state index in [0.29, 0.717) is 6.04 Å². The van der Waals surface area contributed by atoms with Gasteiger partial charge in [-0.05, 0) is 38.3 Å². The molecule has 0 aliphatic heterocycles. The van der Waals surface area contributed by atoms with Crippen molar-refractivity contribution in [3.05, 3.63) is 35.9 Å². The van der Waals surface area contributed by atoms with Crippen LogP contribution in [0.2, 0.25) is 0 Å². The van der Waals surface area contributed by atoms with Crippen molar-refractivity contribution in [1.29, 1.82) is 0 Å². The second kappa shape index (κ2) is 7.55. The molecule has 0 saturated carbocycles. The van der Waals surface area contributed by atoms with Gasteiger partial charge in [0.15, 0.2) is 0 Å². The van der Waals surface area contributed by atoms with Gasteiger partial charge in [-0.1, -0.05) is 44.2 Å². The molecule has 18 heavy (non-hydrogen) atoms. The highest BCUT2D eigenvalue weighted by Gasteiger charge is 2.13. The Bertz CT molecular complexity index is 323. The van der Waals surface area contributed by atoms with Crippen LogP contribution in [0.1, 0.15) is 45.3 Å². The maximum Gasteiger partial charge on any atom is 0.0802 e. The molecule has 0 aliphatic rings. The minimum Gasteiger partial charge on any atom is -0.388 e. The van der Waals surface area contributed by atoms with Gasteiger partial charge >= 0.3 is 0 Å². The summed E-state index contributed by atoms with van der Waals surface area (Å²) in [5.41, 5.74) is 1.02. The van der Waals surface area contributed by atoms with E-state index in [9.17, 15) is 5.11 Å². The Morgan fingerprint density at radius 1 is 1.11 bits per heavy atom. The molecule has 0 amide bonds. The van der Waals surface area contributed by atoms with Crippen LogP contribution in [0.3, 0.4) is 0 Å². The summed E-state index contributed by atoms with van der Waals surface area (Å²) in [5, 5.41) is 10.1.